The Labute approximate surface area is 180 Å². The summed E-state index contributed by atoms with van der Waals surface area (Å²) in [6, 6.07) is 13.6. The third kappa shape index (κ3) is 7.66. The van der Waals surface area contributed by atoms with E-state index in [0.717, 1.165) is 0 Å². The van der Waals surface area contributed by atoms with Gasteiger partial charge in [0.25, 0.3) is 0 Å². The van der Waals surface area contributed by atoms with Crippen LogP contribution in [0, 0.1) is 6.92 Å². The summed E-state index contributed by atoms with van der Waals surface area (Å²) in [6.45, 7) is 20.5. The molecule has 0 aliphatic heterocycles. The van der Waals surface area contributed by atoms with Gasteiger partial charge in [0, 0.05) is 0 Å². The topological polar surface area (TPSA) is 0 Å². The molecule has 0 aromatic heterocycles. The molecular formula is C24H38MgSi. The zero-order valence-electron chi connectivity index (χ0n) is 18.7. The van der Waals surface area contributed by atoms with Gasteiger partial charge >= 0.3 is 23.1 Å². The molecule has 140 valence electrons. The summed E-state index contributed by atoms with van der Waals surface area (Å²) < 4.78 is 0. The second-order valence-electron chi connectivity index (χ2n) is 8.81. The van der Waals surface area contributed by atoms with Gasteiger partial charge in [-0.25, -0.2) is 6.07 Å². The minimum atomic E-state index is -0.250. The van der Waals surface area contributed by atoms with Crippen LogP contribution >= 0.6 is 0 Å². The summed E-state index contributed by atoms with van der Waals surface area (Å²) in [5.41, 5.74) is 8.85. The minimum absolute atomic E-state index is 0. The zero-order chi connectivity index (χ0) is 19.3. The third-order valence-corrected chi connectivity index (χ3v) is 6.38. The van der Waals surface area contributed by atoms with Crippen molar-refractivity contribution in [3.8, 4) is 0 Å². The van der Waals surface area contributed by atoms with E-state index in [4.69, 9.17) is 0 Å². The number of hydrogen-bond acceptors (Lipinski definition) is 0. The van der Waals surface area contributed by atoms with Gasteiger partial charge in [-0.1, -0.05) is 85.2 Å². The Bertz CT molecular complexity index is 679. The second-order valence-corrected chi connectivity index (χ2v) is 11.2. The van der Waals surface area contributed by atoms with Gasteiger partial charge in [-0.05, 0) is 8.41 Å². The Kier molecular flexibility index (Phi) is 10.6. The molecule has 2 aromatic carbocycles. The Morgan fingerprint density at radius 1 is 0.885 bits per heavy atom. The van der Waals surface area contributed by atoms with Gasteiger partial charge in [0.05, 0.1) is 0 Å². The maximum absolute atomic E-state index is 2.42. The third-order valence-electron chi connectivity index (χ3n) is 5.47. The largest absolute Gasteiger partial charge is 2.00 e. The first-order valence-corrected chi connectivity index (χ1v) is 12.3. The quantitative estimate of drug-likeness (QED) is 0.406. The summed E-state index contributed by atoms with van der Waals surface area (Å²) >= 11 is 0. The van der Waals surface area contributed by atoms with E-state index in [9.17, 15) is 0 Å². The minimum Gasteiger partial charge on any atom is -0.207 e. The summed E-state index contributed by atoms with van der Waals surface area (Å²) in [4.78, 5) is 0. The van der Waals surface area contributed by atoms with Gasteiger partial charge in [0.1, 0.15) is 0 Å². The molecule has 0 radical (unpaired) electrons. The Morgan fingerprint density at radius 3 is 1.73 bits per heavy atom. The fraction of sp³-hybridized carbons (Fsp3) is 0.542. The van der Waals surface area contributed by atoms with Crippen LogP contribution in [0.3, 0.4) is 0 Å². The van der Waals surface area contributed by atoms with Crippen molar-refractivity contribution in [1.29, 1.82) is 0 Å². The van der Waals surface area contributed by atoms with Crippen molar-refractivity contribution in [2.24, 2.45) is 0 Å². The standard InChI is InChI=1S/C13H21Si.C11H17.Mg/c1-6-13(2,3)12-8-7-11(9-12)10-14(4)5;1-5-11(3,4)10-7-6-9(2)8-10;/h7-10H,6H2,1-5H3;6-8H,5H2,1-4H3;/q2*-1;+2. The Hall–Kier alpha value is -0.447. The fourth-order valence-corrected chi connectivity index (χ4v) is 3.54. The Morgan fingerprint density at radius 2 is 1.35 bits per heavy atom. The molecule has 26 heavy (non-hydrogen) atoms. The zero-order valence-corrected chi connectivity index (χ0v) is 21.1. The summed E-state index contributed by atoms with van der Waals surface area (Å²) in [5, 5.41) is 0. The van der Waals surface area contributed by atoms with E-state index in [2.05, 4.69) is 104 Å². The van der Waals surface area contributed by atoms with Gasteiger partial charge in [0.2, 0.25) is 0 Å². The van der Waals surface area contributed by atoms with Crippen LogP contribution in [-0.2, 0) is 10.8 Å². The van der Waals surface area contributed by atoms with Crippen LogP contribution in [0.4, 0.5) is 0 Å². The number of hydrogen-bond donors (Lipinski definition) is 0. The number of aryl methyl sites for hydroxylation is 1. The fourth-order valence-electron chi connectivity index (χ4n) is 2.70. The van der Waals surface area contributed by atoms with E-state index in [0.29, 0.717) is 10.8 Å². The first kappa shape index (κ1) is 25.6. The van der Waals surface area contributed by atoms with Crippen molar-refractivity contribution < 1.29 is 0 Å². The van der Waals surface area contributed by atoms with Crippen molar-refractivity contribution in [3.05, 3.63) is 58.7 Å². The molecule has 0 bridgehead atoms. The second kappa shape index (κ2) is 10.8. The van der Waals surface area contributed by atoms with Crippen molar-refractivity contribution in [1.82, 2.24) is 0 Å². The van der Waals surface area contributed by atoms with Crippen molar-refractivity contribution in [2.45, 2.75) is 85.2 Å². The van der Waals surface area contributed by atoms with Crippen molar-refractivity contribution >= 4 is 37.1 Å². The van der Waals surface area contributed by atoms with Crippen LogP contribution in [-0.4, -0.2) is 37.1 Å². The average Bonchev–Trinajstić information content (AvgIpc) is 3.17. The SMILES string of the molecule is CCC(C)(C)c1c[cH-]c(C)c1.CCC(C)(C)c1c[cH-]c(C=[Si](C)C)c1.[Mg+2]. The molecule has 0 nitrogen and oxygen atoms in total. The summed E-state index contributed by atoms with van der Waals surface area (Å²) in [7, 11) is -0.250. The van der Waals surface area contributed by atoms with Crippen LogP contribution in [0.25, 0.3) is 0 Å². The molecular weight excluding hydrogens is 341 g/mol. The molecule has 0 N–H and O–H groups in total. The first-order chi connectivity index (χ1) is 11.5. The van der Waals surface area contributed by atoms with Gasteiger partial charge in [-0.2, -0.15) is 46.1 Å². The molecule has 0 atom stereocenters. The van der Waals surface area contributed by atoms with Gasteiger partial charge in [-0.3, -0.25) is 0 Å². The molecule has 2 aromatic rings. The molecule has 0 aliphatic carbocycles. The van der Waals surface area contributed by atoms with E-state index in [1.54, 1.807) is 0 Å². The van der Waals surface area contributed by atoms with Gasteiger partial charge in [-0.15, -0.1) is 12.1 Å². The average molecular weight is 379 g/mol. The molecule has 0 fully saturated rings. The molecule has 0 aliphatic rings. The molecule has 0 saturated carbocycles. The first-order valence-electron chi connectivity index (χ1n) is 9.67. The predicted molar refractivity (Wildman–Crippen MR) is 124 cm³/mol. The van der Waals surface area contributed by atoms with Crippen LogP contribution in [0.1, 0.15) is 76.6 Å². The van der Waals surface area contributed by atoms with Crippen LogP contribution < -0.4 is 0 Å². The normalized spacial score (nSPS) is 11.3. The molecule has 2 rings (SSSR count). The van der Waals surface area contributed by atoms with E-state index in [-0.39, 0.29) is 31.5 Å². The van der Waals surface area contributed by atoms with Crippen molar-refractivity contribution in [3.63, 3.8) is 0 Å². The summed E-state index contributed by atoms with van der Waals surface area (Å²) in [5.74, 6) is 0. The molecule has 0 amide bonds. The van der Waals surface area contributed by atoms with Crippen LogP contribution in [0.15, 0.2) is 36.4 Å². The molecule has 0 spiro atoms. The monoisotopic (exact) mass is 378 g/mol. The Balaban J connectivity index is 0.000000475. The van der Waals surface area contributed by atoms with Crippen LogP contribution in [0.5, 0.6) is 0 Å². The van der Waals surface area contributed by atoms with E-state index < -0.39 is 0 Å². The smallest absolute Gasteiger partial charge is 0.207 e. The van der Waals surface area contributed by atoms with Crippen LogP contribution in [0.2, 0.25) is 13.1 Å². The summed E-state index contributed by atoms with van der Waals surface area (Å²) in [6.07, 6.45) is 2.41. The molecule has 0 heterocycles. The molecule has 0 unspecified atom stereocenters. The van der Waals surface area contributed by atoms with Gasteiger partial charge < -0.3 is 0 Å². The molecule has 2 heteroatoms. The van der Waals surface area contributed by atoms with Gasteiger partial charge in [0.15, 0.2) is 0 Å². The van der Waals surface area contributed by atoms with E-state index in [1.807, 2.05) is 0 Å². The molecule has 0 saturated heterocycles. The maximum atomic E-state index is 2.42. The predicted octanol–water partition coefficient (Wildman–Crippen LogP) is 6.60. The van der Waals surface area contributed by atoms with E-state index >= 15 is 0 Å². The van der Waals surface area contributed by atoms with E-state index in [1.165, 1.54) is 35.1 Å². The van der Waals surface area contributed by atoms with Crippen molar-refractivity contribution in [2.75, 3.05) is 0 Å². The number of rotatable bonds is 5. The maximum Gasteiger partial charge on any atom is 2.00 e.